The van der Waals surface area contributed by atoms with E-state index in [4.69, 9.17) is 29.4 Å². The second kappa shape index (κ2) is 49.1. The quantitative estimate of drug-likeness (QED) is 0.0450. The van der Waals surface area contributed by atoms with Gasteiger partial charge in [-0.05, 0) is 241 Å². The van der Waals surface area contributed by atoms with Crippen molar-refractivity contribution in [3.05, 3.63) is 371 Å². The normalized spacial score (nSPS) is 14.7. The molecule has 149 heavy (non-hydrogen) atoms. The molecule has 1 aliphatic carbocycles. The molecule has 0 spiro atoms. The molecule has 1 N–H and O–H groups in total. The summed E-state index contributed by atoms with van der Waals surface area (Å²) < 4.78 is 70.7. The largest absolute Gasteiger partial charge is 0.497 e. The number of ether oxygens (including phenoxy) is 2. The minimum Gasteiger partial charge on any atom is -0.497 e. The number of anilines is 6. The predicted octanol–water partition coefficient (Wildman–Crippen LogP) is 25.5. The van der Waals surface area contributed by atoms with Gasteiger partial charge in [-0.1, -0.05) is 195 Å². The number of hydrogen-bond donors (Lipinski definition) is 1. The summed E-state index contributed by atoms with van der Waals surface area (Å²) >= 11 is 0. The van der Waals surface area contributed by atoms with Gasteiger partial charge >= 0.3 is 0 Å². The number of nitrogens with one attached hydrogen (secondary N) is 1. The van der Waals surface area contributed by atoms with E-state index in [1.54, 1.807) is 108 Å². The monoisotopic (exact) mass is 2010 g/mol. The number of halogens is 4. The highest BCUT2D eigenvalue weighted by Crippen LogP contribution is 2.41. The van der Waals surface area contributed by atoms with E-state index >= 15 is 8.78 Å². The van der Waals surface area contributed by atoms with Gasteiger partial charge < -0.3 is 54.0 Å². The van der Waals surface area contributed by atoms with Gasteiger partial charge in [0.05, 0.1) is 59.2 Å². The zero-order valence-electron chi connectivity index (χ0n) is 86.4. The number of methoxy groups -OCH3 is 2. The molecule has 20 rings (SSSR count). The van der Waals surface area contributed by atoms with E-state index < -0.39 is 17.5 Å². The first kappa shape index (κ1) is 105. The number of amides is 4. The summed E-state index contributed by atoms with van der Waals surface area (Å²) in [6.07, 6.45) is 18.3. The number of carbonyl (C=O) groups is 4. The van der Waals surface area contributed by atoms with E-state index in [-0.39, 0.29) is 94.1 Å². The molecule has 2 unspecified atom stereocenters. The summed E-state index contributed by atoms with van der Waals surface area (Å²) in [5, 5.41) is 5.55. The molecule has 1 saturated carbocycles. The Kier molecular flexibility index (Phi) is 34.5. The fourth-order valence-electron chi connectivity index (χ4n) is 20.3. The first-order valence-corrected chi connectivity index (χ1v) is 51.8. The zero-order valence-corrected chi connectivity index (χ0v) is 86.4. The highest BCUT2D eigenvalue weighted by molar-refractivity contribution is 6.10. The summed E-state index contributed by atoms with van der Waals surface area (Å²) in [5.41, 5.74) is 12.0. The third-order valence-electron chi connectivity index (χ3n) is 28.4. The van der Waals surface area contributed by atoms with Crippen LogP contribution in [0.3, 0.4) is 0 Å². The number of nitrogens with zero attached hydrogens (tertiary/aromatic N) is 16. The summed E-state index contributed by atoms with van der Waals surface area (Å²) in [4.78, 5) is 109. The molecule has 4 fully saturated rings. The summed E-state index contributed by atoms with van der Waals surface area (Å²) in [5.74, 6) is 2.07. The maximum Gasteiger partial charge on any atom is 0.262 e. The molecule has 5 aliphatic rings. The van der Waals surface area contributed by atoms with Gasteiger partial charge in [0.15, 0.2) is 0 Å². The van der Waals surface area contributed by atoms with Crippen molar-refractivity contribution in [3.8, 4) is 56.5 Å². The summed E-state index contributed by atoms with van der Waals surface area (Å²) in [6, 6.07) is 81.2. The van der Waals surface area contributed by atoms with E-state index in [0.717, 1.165) is 103 Å². The Labute approximate surface area is 872 Å². The Morgan fingerprint density at radius 2 is 0.779 bits per heavy atom. The average Bonchev–Trinajstić information content (AvgIpc) is 1.27. The molecule has 27 heteroatoms. The third-order valence-corrected chi connectivity index (χ3v) is 28.4. The maximum absolute atomic E-state index is 15.2. The van der Waals surface area contributed by atoms with Gasteiger partial charge in [-0.25, -0.2) is 57.4 Å². The predicted molar refractivity (Wildman–Crippen MR) is 585 cm³/mol. The molecule has 4 aromatic heterocycles. The second-order valence-corrected chi connectivity index (χ2v) is 39.6. The Morgan fingerprint density at radius 1 is 0.369 bits per heavy atom. The molecular weight excluding hydrogens is 1880 g/mol. The number of fused-ring (bicyclic) bond motifs is 3. The highest BCUT2D eigenvalue weighted by atomic mass is 19.1. The van der Waals surface area contributed by atoms with Gasteiger partial charge in [0.2, 0.25) is 23.8 Å². The van der Waals surface area contributed by atoms with Crippen LogP contribution in [0, 0.1) is 35.1 Å². The van der Waals surface area contributed by atoms with Crippen LogP contribution in [0.15, 0.2) is 292 Å². The van der Waals surface area contributed by atoms with Crippen molar-refractivity contribution in [2.24, 2.45) is 11.8 Å². The van der Waals surface area contributed by atoms with Crippen molar-refractivity contribution >= 4 is 69.6 Å². The van der Waals surface area contributed by atoms with Crippen LogP contribution in [0.1, 0.15) is 196 Å². The van der Waals surface area contributed by atoms with E-state index in [2.05, 4.69) is 101 Å². The first-order valence-electron chi connectivity index (χ1n) is 51.8. The molecular formula is C122H131F4N17O6. The van der Waals surface area contributed by atoms with Crippen LogP contribution in [0.4, 0.5) is 52.7 Å². The topological polar surface area (TPSA) is 228 Å². The smallest absolute Gasteiger partial charge is 0.262 e. The number of aromatic nitrogens is 8. The molecule has 768 valence electrons. The number of benzene rings is 11. The van der Waals surface area contributed by atoms with Crippen molar-refractivity contribution in [1.29, 1.82) is 0 Å². The Balaban J connectivity index is 0.000000142. The maximum atomic E-state index is 15.2. The SMILES string of the molecule is CC(C)N(Cc1ccc(N2CCCC2)cc1)C(=O)c1cnc(N2CCC3CCCCC3C2)nc1-c1ccccc1F.CC(C)N(Cc1ccccc1)C(=O)c1cnc(NCc2cccc3ccccc23)nc1-c1ccccc1F.COc1cccc(CN(C(=O)c2cnc(N3Cc4ccccc4C3)nc2-c2ccccc2F)C(C)C)c1.COc1cccc(N(C(=O)c2cnc(N3CCCCC3)nc2-c2ccccc2F)C(C)C)c1.[HH]. The summed E-state index contributed by atoms with van der Waals surface area (Å²) in [7, 11) is 3.20. The van der Waals surface area contributed by atoms with Gasteiger partial charge in [0, 0.05) is 169 Å². The molecule has 2 atom stereocenters. The molecule has 0 bridgehead atoms. The van der Waals surface area contributed by atoms with E-state index in [1.807, 2.05) is 174 Å². The van der Waals surface area contributed by atoms with Crippen LogP contribution in [-0.2, 0) is 39.3 Å². The first-order chi connectivity index (χ1) is 72.4. The van der Waals surface area contributed by atoms with E-state index in [9.17, 15) is 28.0 Å². The number of piperidine rings is 2. The lowest BCUT2D eigenvalue weighted by molar-refractivity contribution is 0.0682. The molecule has 23 nitrogen and oxygen atoms in total. The Hall–Kier alpha value is -15.8. The van der Waals surface area contributed by atoms with Crippen molar-refractivity contribution < 1.29 is 47.6 Å². The average molecular weight is 2010 g/mol. The lowest BCUT2D eigenvalue weighted by Gasteiger charge is -2.41. The highest BCUT2D eigenvalue weighted by Gasteiger charge is 2.37. The van der Waals surface area contributed by atoms with Gasteiger partial charge in [-0.3, -0.25) is 19.2 Å². The second-order valence-electron chi connectivity index (χ2n) is 39.6. The Morgan fingerprint density at radius 3 is 1.30 bits per heavy atom. The molecule has 11 aromatic carbocycles. The van der Waals surface area contributed by atoms with Gasteiger partial charge in [0.25, 0.3) is 23.6 Å². The number of hydrogen-bond acceptors (Lipinski definition) is 19. The van der Waals surface area contributed by atoms with Crippen molar-refractivity contribution in [2.75, 3.05) is 83.3 Å². The van der Waals surface area contributed by atoms with Gasteiger partial charge in [0.1, 0.15) is 34.8 Å². The molecule has 0 radical (unpaired) electrons. The molecule has 4 amide bonds. The van der Waals surface area contributed by atoms with Crippen molar-refractivity contribution in [3.63, 3.8) is 0 Å². The fourth-order valence-corrected chi connectivity index (χ4v) is 20.3. The minimum atomic E-state index is -0.445. The number of carbonyl (C=O) groups excluding carboxylic acids is 4. The van der Waals surface area contributed by atoms with Crippen LogP contribution in [0.5, 0.6) is 11.5 Å². The van der Waals surface area contributed by atoms with Crippen molar-refractivity contribution in [1.82, 2.24) is 54.6 Å². The lowest BCUT2D eigenvalue weighted by Crippen LogP contribution is -2.42. The van der Waals surface area contributed by atoms with Crippen LogP contribution in [-0.4, -0.2) is 156 Å². The fraction of sp³-hybridized carbons (Fsp3) is 0.311. The van der Waals surface area contributed by atoms with Crippen LogP contribution in [0.25, 0.3) is 55.8 Å². The lowest BCUT2D eigenvalue weighted by atomic mass is 9.75. The van der Waals surface area contributed by atoms with Crippen LogP contribution < -0.4 is 39.3 Å². The van der Waals surface area contributed by atoms with Crippen LogP contribution in [0.2, 0.25) is 0 Å². The van der Waals surface area contributed by atoms with Gasteiger partial charge in [-0.15, -0.1) is 0 Å². The molecule has 3 saturated heterocycles. The molecule has 8 heterocycles. The number of rotatable bonds is 28. The van der Waals surface area contributed by atoms with E-state index in [1.165, 1.54) is 105 Å². The standard InChI is InChI=1S/C34H42FN5O.C32H29FN4O.C30H29FN4O2.C26H29FN4O2.H2/c1-24(2)40(22-25-13-15-28(16-14-25)38-18-7-8-19-38)33(41)30-21-36-34(37-32(30)29-11-5-6-12-31(29)35)39-20-17-26-9-3-4-10-27(26)23-39;1-22(2)37(21-23-11-4-3-5-12-23)31(38)28-20-35-32(36-30(28)27-17-8-9-18-29(27)33)34-19-25-15-10-14-24-13-6-7-16-26(24)25;1-20(2)35(17-21-9-8-12-24(15-21)37-3)29(36)26-16-32-30(33-28(26)25-13-6-7-14-27(25)31)34-18-22-10-4-5-11-23(22)19-34;1-18(2)31(19-10-9-11-20(16-19)33-3)25(32)22-17-28-26(30-14-7-4-8-15-30)29-24(22)21-12-5-6-13-23(21)27;/h5-6,11-16,21,24,26-27H,3-4,7-10,17-20,22-23H2,1-2H3;3-18,20,22H,19,21H2,1-2H3,(H,34,35,36);4-16,20H,17-19H2,1-3H3;5-6,9-13,16-18H,4,7-8,14-15H2,1-3H3;1H. The zero-order chi connectivity index (χ0) is 104. The molecule has 4 aliphatic heterocycles. The van der Waals surface area contributed by atoms with Crippen LogP contribution >= 0.6 is 0 Å². The Bertz CT molecular complexity index is 7150. The minimum absolute atomic E-state index is 0. The van der Waals surface area contributed by atoms with E-state index in [0.29, 0.717) is 109 Å². The third kappa shape index (κ3) is 25.2. The summed E-state index contributed by atoms with van der Waals surface area (Å²) in [6.45, 7) is 24.5. The van der Waals surface area contributed by atoms with Crippen molar-refractivity contribution in [2.45, 2.75) is 183 Å². The molecule has 15 aromatic rings. The van der Waals surface area contributed by atoms with Gasteiger partial charge in [-0.2, -0.15) is 0 Å².